The van der Waals surface area contributed by atoms with E-state index in [2.05, 4.69) is 9.97 Å². The number of nitrogens with zero attached hydrogens (tertiary/aromatic N) is 2. The van der Waals surface area contributed by atoms with E-state index in [0.29, 0.717) is 0 Å². The smallest absolute Gasteiger partial charge is 0.417 e. The van der Waals surface area contributed by atoms with Gasteiger partial charge >= 0.3 is 6.18 Å². The van der Waals surface area contributed by atoms with Gasteiger partial charge < -0.3 is 9.72 Å². The van der Waals surface area contributed by atoms with E-state index in [1.807, 2.05) is 0 Å². The number of amides is 1. The van der Waals surface area contributed by atoms with Gasteiger partial charge in [-0.2, -0.15) is 23.4 Å². The quantitative estimate of drug-likeness (QED) is 0.489. The molecule has 3 rings (SSSR count). The van der Waals surface area contributed by atoms with Crippen LogP contribution in [0.4, 0.5) is 13.2 Å². The van der Waals surface area contributed by atoms with Crippen molar-refractivity contribution in [1.82, 2.24) is 15.4 Å². The average Bonchev–Trinajstić information content (AvgIpc) is 3.00. The fraction of sp³-hybridized carbons (Fsp3) is 0.0625. The van der Waals surface area contributed by atoms with Crippen LogP contribution in [-0.2, 0) is 6.18 Å². The minimum Gasteiger partial charge on any atom is -0.426 e. The van der Waals surface area contributed by atoms with Crippen molar-refractivity contribution in [3.63, 3.8) is 0 Å². The van der Waals surface area contributed by atoms with Gasteiger partial charge in [0.05, 0.1) is 28.2 Å². The van der Waals surface area contributed by atoms with Crippen LogP contribution in [0, 0.1) is 11.3 Å². The Balaban J connectivity index is 1.98. The number of carbonyl (C=O) groups is 1. The van der Waals surface area contributed by atoms with E-state index in [-0.39, 0.29) is 28.4 Å². The number of benzene rings is 2. The van der Waals surface area contributed by atoms with Crippen molar-refractivity contribution >= 4 is 16.9 Å². The lowest BCUT2D eigenvalue weighted by Gasteiger charge is -2.07. The second-order valence-electron chi connectivity index (χ2n) is 5.14. The monoisotopic (exact) mass is 362 g/mol. The minimum atomic E-state index is -4.68. The predicted molar refractivity (Wildman–Crippen MR) is 81.6 cm³/mol. The third kappa shape index (κ3) is 3.28. The highest BCUT2D eigenvalue weighted by Crippen LogP contribution is 2.34. The number of nitriles is 1. The summed E-state index contributed by atoms with van der Waals surface area (Å²) in [6.45, 7) is 0. The Kier molecular flexibility index (Phi) is 4.23. The van der Waals surface area contributed by atoms with Gasteiger partial charge in [0.2, 0.25) is 0 Å². The van der Waals surface area contributed by atoms with Crippen LogP contribution in [0.5, 0.6) is 11.8 Å². The molecule has 1 aromatic heterocycles. The molecule has 0 fully saturated rings. The highest BCUT2D eigenvalue weighted by Gasteiger charge is 2.34. The third-order valence-corrected chi connectivity index (χ3v) is 3.44. The van der Waals surface area contributed by atoms with Crippen molar-refractivity contribution < 1.29 is 27.9 Å². The number of carbonyl (C=O) groups excluding carboxylic acids is 1. The van der Waals surface area contributed by atoms with E-state index in [1.165, 1.54) is 35.8 Å². The Bertz CT molecular complexity index is 1040. The molecule has 3 N–H and O–H groups in total. The lowest BCUT2D eigenvalue weighted by atomic mass is 10.1. The lowest BCUT2D eigenvalue weighted by molar-refractivity contribution is -0.137. The number of hydrogen-bond acceptors (Lipinski definition) is 5. The zero-order chi connectivity index (χ0) is 18.9. The first-order valence-corrected chi connectivity index (χ1v) is 7.05. The summed E-state index contributed by atoms with van der Waals surface area (Å²) in [5, 5.41) is 17.5. The zero-order valence-electron chi connectivity index (χ0n) is 12.8. The first-order chi connectivity index (χ1) is 12.3. The van der Waals surface area contributed by atoms with Crippen LogP contribution in [0.15, 0.2) is 36.4 Å². The molecule has 0 saturated carbocycles. The molecule has 0 atom stereocenters. The molecule has 0 bridgehead atoms. The van der Waals surface area contributed by atoms with E-state index in [0.717, 1.165) is 12.1 Å². The van der Waals surface area contributed by atoms with Gasteiger partial charge in [-0.3, -0.25) is 10.0 Å². The molecule has 1 amide bonds. The topological polar surface area (TPSA) is 111 Å². The van der Waals surface area contributed by atoms with Gasteiger partial charge in [-0.1, -0.05) is 6.07 Å². The van der Waals surface area contributed by atoms with Crippen LogP contribution in [0.1, 0.15) is 21.5 Å². The molecule has 132 valence electrons. The molecule has 7 nitrogen and oxygen atoms in total. The van der Waals surface area contributed by atoms with Crippen LogP contribution >= 0.6 is 0 Å². The Labute approximate surface area is 143 Å². The number of ether oxygens (including phenoxy) is 1. The van der Waals surface area contributed by atoms with Gasteiger partial charge in [0.1, 0.15) is 5.75 Å². The number of aromatic nitrogens is 2. The average molecular weight is 362 g/mol. The van der Waals surface area contributed by atoms with Crippen molar-refractivity contribution in [2.75, 3.05) is 0 Å². The van der Waals surface area contributed by atoms with Gasteiger partial charge in [0.25, 0.3) is 11.9 Å². The molecular weight excluding hydrogens is 353 g/mol. The maximum atomic E-state index is 13.0. The van der Waals surface area contributed by atoms with Crippen LogP contribution in [0.25, 0.3) is 11.0 Å². The first-order valence-electron chi connectivity index (χ1n) is 7.05. The number of hydroxylamine groups is 1. The maximum Gasteiger partial charge on any atom is 0.417 e. The van der Waals surface area contributed by atoms with Gasteiger partial charge in [-0.05, 0) is 30.3 Å². The van der Waals surface area contributed by atoms with E-state index >= 15 is 0 Å². The number of nitrogens with one attached hydrogen (secondary N) is 2. The SMILES string of the molecule is N#Cc1cc2nc(Oc3cccc(C(=O)NO)c3)[nH]c2cc1C(F)(F)F. The molecule has 0 aliphatic carbocycles. The molecule has 0 radical (unpaired) electrons. The van der Waals surface area contributed by atoms with E-state index in [4.69, 9.17) is 15.2 Å². The van der Waals surface area contributed by atoms with Gasteiger partial charge in [0.15, 0.2) is 0 Å². The Morgan fingerprint density at radius 1 is 1.31 bits per heavy atom. The summed E-state index contributed by atoms with van der Waals surface area (Å²) in [4.78, 5) is 17.9. The number of halogens is 3. The lowest BCUT2D eigenvalue weighted by Crippen LogP contribution is -2.18. The molecule has 0 aliphatic heterocycles. The molecular formula is C16H9F3N4O3. The number of rotatable bonds is 3. The predicted octanol–water partition coefficient (Wildman–Crippen LogP) is 3.36. The zero-order valence-corrected chi connectivity index (χ0v) is 12.8. The molecule has 0 aliphatic rings. The van der Waals surface area contributed by atoms with Crippen LogP contribution in [0.2, 0.25) is 0 Å². The Morgan fingerprint density at radius 2 is 2.08 bits per heavy atom. The molecule has 0 unspecified atom stereocenters. The number of aromatic amines is 1. The van der Waals surface area contributed by atoms with Crippen LogP contribution in [-0.4, -0.2) is 21.1 Å². The fourth-order valence-corrected chi connectivity index (χ4v) is 2.29. The van der Waals surface area contributed by atoms with Crippen molar-refractivity contribution in [3.05, 3.63) is 53.1 Å². The van der Waals surface area contributed by atoms with Crippen molar-refractivity contribution in [2.45, 2.75) is 6.18 Å². The largest absolute Gasteiger partial charge is 0.426 e. The highest BCUT2D eigenvalue weighted by molar-refractivity contribution is 5.93. The molecule has 3 aromatic rings. The van der Waals surface area contributed by atoms with E-state index in [1.54, 1.807) is 0 Å². The minimum absolute atomic E-state index is 0.0376. The second-order valence-corrected chi connectivity index (χ2v) is 5.14. The fourth-order valence-electron chi connectivity index (χ4n) is 2.29. The molecule has 0 saturated heterocycles. The molecule has 10 heteroatoms. The summed E-state index contributed by atoms with van der Waals surface area (Å²) < 4.78 is 44.4. The second kappa shape index (κ2) is 6.38. The van der Waals surface area contributed by atoms with Crippen molar-refractivity contribution in [1.29, 1.82) is 5.26 Å². The highest BCUT2D eigenvalue weighted by atomic mass is 19.4. The standard InChI is InChI=1S/C16H9F3N4O3/c17-16(18,19)11-6-13-12(5-9(11)7-20)21-15(22-13)26-10-3-1-2-8(4-10)14(24)23-25/h1-6,25H,(H,21,22)(H,23,24). The molecule has 0 spiro atoms. The van der Waals surface area contributed by atoms with Crippen molar-refractivity contribution in [3.8, 4) is 17.8 Å². The van der Waals surface area contributed by atoms with Gasteiger partial charge in [-0.15, -0.1) is 0 Å². The third-order valence-electron chi connectivity index (χ3n) is 3.44. The van der Waals surface area contributed by atoms with Crippen LogP contribution < -0.4 is 10.2 Å². The first kappa shape index (κ1) is 17.2. The number of imidazole rings is 1. The van der Waals surface area contributed by atoms with Crippen LogP contribution in [0.3, 0.4) is 0 Å². The summed E-state index contributed by atoms with van der Waals surface area (Å²) in [6.07, 6.45) is -4.68. The van der Waals surface area contributed by atoms with Gasteiger partial charge in [-0.25, -0.2) is 5.48 Å². The normalized spacial score (nSPS) is 11.2. The Morgan fingerprint density at radius 3 is 2.73 bits per heavy atom. The molecule has 1 heterocycles. The molecule has 26 heavy (non-hydrogen) atoms. The van der Waals surface area contributed by atoms with Crippen molar-refractivity contribution in [2.24, 2.45) is 0 Å². The number of alkyl halides is 3. The summed E-state index contributed by atoms with van der Waals surface area (Å²) >= 11 is 0. The number of H-pyrrole nitrogens is 1. The number of fused-ring (bicyclic) bond motifs is 1. The van der Waals surface area contributed by atoms with Gasteiger partial charge in [0, 0.05) is 5.56 Å². The maximum absolute atomic E-state index is 13.0. The molecule has 2 aromatic carbocycles. The summed E-state index contributed by atoms with van der Waals surface area (Å²) in [7, 11) is 0. The Hall–Kier alpha value is -3.58. The summed E-state index contributed by atoms with van der Waals surface area (Å²) in [6, 6.07) is 8.87. The summed E-state index contributed by atoms with van der Waals surface area (Å²) in [5.74, 6) is -0.588. The number of hydrogen-bond donors (Lipinski definition) is 3. The van der Waals surface area contributed by atoms with E-state index in [9.17, 15) is 18.0 Å². The van der Waals surface area contributed by atoms with E-state index < -0.39 is 23.2 Å². The summed E-state index contributed by atoms with van der Waals surface area (Å²) in [5.41, 5.74) is 0.102.